The monoisotopic (exact) mass is 368 g/mol. The number of nitrogens with zero attached hydrogens (tertiary/aromatic N) is 2. The average Bonchev–Trinajstić information content (AvgIpc) is 3.01. The molecule has 3 heterocycles. The van der Waals surface area contributed by atoms with Crippen LogP contribution in [-0.4, -0.2) is 20.9 Å². The Labute approximate surface area is 154 Å². The molecule has 0 aromatic carbocycles. The van der Waals surface area contributed by atoms with E-state index < -0.39 is 0 Å². The highest BCUT2D eigenvalue weighted by atomic mass is 32.1. The second-order valence-corrected chi connectivity index (χ2v) is 7.70. The molecule has 4 rings (SSSR count). The molecule has 0 saturated carbocycles. The molecule has 2 N–H and O–H groups in total. The van der Waals surface area contributed by atoms with Crippen LogP contribution >= 0.6 is 11.3 Å². The largest absolute Gasteiger partial charge is 0.310 e. The van der Waals surface area contributed by atoms with Crippen LogP contribution in [0, 0.1) is 6.92 Å². The second kappa shape index (κ2) is 6.99. The number of carbonyl (C=O) groups excluding carboxylic acids is 1. The van der Waals surface area contributed by atoms with Gasteiger partial charge in [0.25, 0.3) is 5.56 Å². The lowest BCUT2D eigenvalue weighted by Gasteiger charge is -2.09. The highest BCUT2D eigenvalue weighted by molar-refractivity contribution is 7.18. The maximum Gasteiger partial charge on any atom is 0.259 e. The van der Waals surface area contributed by atoms with Crippen LogP contribution in [-0.2, 0) is 24.1 Å². The van der Waals surface area contributed by atoms with Gasteiger partial charge in [0.05, 0.1) is 5.39 Å². The number of carbonyl (C=O) groups is 1. The van der Waals surface area contributed by atoms with E-state index in [9.17, 15) is 9.59 Å². The molecule has 7 heteroatoms. The van der Waals surface area contributed by atoms with Gasteiger partial charge in [0.15, 0.2) is 0 Å². The summed E-state index contributed by atoms with van der Waals surface area (Å²) in [5, 5.41) is 3.56. The van der Waals surface area contributed by atoms with E-state index in [1.165, 1.54) is 16.9 Å². The summed E-state index contributed by atoms with van der Waals surface area (Å²) in [4.78, 5) is 38.4. The standard InChI is InChI=1S/C19H20N4O2S/c1-11-5-4-10-20-17(11)23-15(24)9-8-14-21-18(25)16-12-6-2-3-7-13(12)26-19(16)22-14/h4-5,10H,2-3,6-9H2,1H3,(H,20,23,24)(H,21,22,25). The average molecular weight is 368 g/mol. The summed E-state index contributed by atoms with van der Waals surface area (Å²) in [6.07, 6.45) is 6.60. The van der Waals surface area contributed by atoms with E-state index >= 15 is 0 Å². The SMILES string of the molecule is Cc1cccnc1NC(=O)CCc1nc2sc3c(c2c(=O)[nH]1)CCCC3. The third kappa shape index (κ3) is 3.26. The van der Waals surface area contributed by atoms with Crippen LogP contribution in [0.5, 0.6) is 0 Å². The van der Waals surface area contributed by atoms with Crippen molar-refractivity contribution >= 4 is 33.3 Å². The molecular weight excluding hydrogens is 348 g/mol. The quantitative estimate of drug-likeness (QED) is 0.740. The molecule has 1 aliphatic rings. The number of nitrogens with one attached hydrogen (secondary N) is 2. The summed E-state index contributed by atoms with van der Waals surface area (Å²) in [6, 6.07) is 3.73. The van der Waals surface area contributed by atoms with Gasteiger partial charge >= 0.3 is 0 Å². The predicted molar refractivity (Wildman–Crippen MR) is 103 cm³/mol. The fraction of sp³-hybridized carbons (Fsp3) is 0.368. The molecule has 1 amide bonds. The van der Waals surface area contributed by atoms with Gasteiger partial charge in [-0.1, -0.05) is 6.07 Å². The summed E-state index contributed by atoms with van der Waals surface area (Å²) in [5.41, 5.74) is 2.02. The molecule has 0 aliphatic heterocycles. The molecule has 0 bridgehead atoms. The predicted octanol–water partition coefficient (Wildman–Crippen LogP) is 3.14. The van der Waals surface area contributed by atoms with Crippen molar-refractivity contribution in [2.24, 2.45) is 0 Å². The van der Waals surface area contributed by atoms with Crippen molar-refractivity contribution < 1.29 is 4.79 Å². The molecule has 3 aromatic heterocycles. The topological polar surface area (TPSA) is 87.7 Å². The van der Waals surface area contributed by atoms with Gasteiger partial charge in [0.2, 0.25) is 5.91 Å². The highest BCUT2D eigenvalue weighted by Crippen LogP contribution is 2.33. The van der Waals surface area contributed by atoms with Gasteiger partial charge < -0.3 is 10.3 Å². The third-order valence-corrected chi connectivity index (χ3v) is 5.92. The number of aryl methyl sites for hydroxylation is 4. The van der Waals surface area contributed by atoms with Crippen LogP contribution in [0.3, 0.4) is 0 Å². The molecule has 0 saturated heterocycles. The molecule has 6 nitrogen and oxygen atoms in total. The summed E-state index contributed by atoms with van der Waals surface area (Å²) < 4.78 is 0. The van der Waals surface area contributed by atoms with Crippen molar-refractivity contribution in [1.29, 1.82) is 0 Å². The Morgan fingerprint density at radius 2 is 2.19 bits per heavy atom. The van der Waals surface area contributed by atoms with E-state index in [2.05, 4.69) is 20.3 Å². The lowest BCUT2D eigenvalue weighted by Crippen LogP contribution is -2.17. The number of pyridine rings is 1. The van der Waals surface area contributed by atoms with E-state index in [0.717, 1.165) is 35.0 Å². The minimum Gasteiger partial charge on any atom is -0.310 e. The Hall–Kier alpha value is -2.54. The molecule has 0 unspecified atom stereocenters. The fourth-order valence-corrected chi connectivity index (χ4v) is 4.65. The van der Waals surface area contributed by atoms with E-state index in [-0.39, 0.29) is 17.9 Å². The minimum absolute atomic E-state index is 0.0784. The number of amides is 1. The van der Waals surface area contributed by atoms with E-state index in [4.69, 9.17) is 0 Å². The van der Waals surface area contributed by atoms with Crippen molar-refractivity contribution in [3.8, 4) is 0 Å². The summed E-state index contributed by atoms with van der Waals surface area (Å²) in [5.74, 6) is 0.995. The number of anilines is 1. The van der Waals surface area contributed by atoms with Crippen molar-refractivity contribution in [2.45, 2.75) is 45.4 Å². The first-order chi connectivity index (χ1) is 12.6. The van der Waals surface area contributed by atoms with Crippen LogP contribution in [0.2, 0.25) is 0 Å². The van der Waals surface area contributed by atoms with Gasteiger partial charge in [-0.25, -0.2) is 9.97 Å². The molecule has 0 spiro atoms. The molecule has 26 heavy (non-hydrogen) atoms. The highest BCUT2D eigenvalue weighted by Gasteiger charge is 2.19. The van der Waals surface area contributed by atoms with E-state index in [1.54, 1.807) is 17.5 Å². The Bertz CT molecular complexity index is 1040. The lowest BCUT2D eigenvalue weighted by molar-refractivity contribution is -0.116. The first-order valence-corrected chi connectivity index (χ1v) is 9.68. The van der Waals surface area contributed by atoms with Crippen molar-refractivity contribution in [3.05, 3.63) is 50.5 Å². The second-order valence-electron chi connectivity index (χ2n) is 6.62. The van der Waals surface area contributed by atoms with Gasteiger partial charge in [-0.05, 0) is 49.8 Å². The molecule has 0 radical (unpaired) electrons. The maximum atomic E-state index is 12.5. The number of hydrogen-bond donors (Lipinski definition) is 2. The van der Waals surface area contributed by atoms with Crippen molar-refractivity contribution in [1.82, 2.24) is 15.0 Å². The van der Waals surface area contributed by atoms with Crippen molar-refractivity contribution in [2.75, 3.05) is 5.32 Å². The first-order valence-electron chi connectivity index (χ1n) is 8.87. The van der Waals surface area contributed by atoms with Crippen LogP contribution in [0.25, 0.3) is 10.2 Å². The van der Waals surface area contributed by atoms with Crippen LogP contribution in [0.1, 0.15) is 41.1 Å². The number of thiophene rings is 1. The summed E-state index contributed by atoms with van der Waals surface area (Å²) in [7, 11) is 0. The molecule has 0 fully saturated rings. The number of rotatable bonds is 4. The Kier molecular flexibility index (Phi) is 4.55. The smallest absolute Gasteiger partial charge is 0.259 e. The zero-order valence-corrected chi connectivity index (χ0v) is 15.4. The molecule has 1 aliphatic carbocycles. The number of aromatic amines is 1. The Morgan fingerprint density at radius 3 is 3.04 bits per heavy atom. The zero-order chi connectivity index (χ0) is 18.1. The van der Waals surface area contributed by atoms with Crippen LogP contribution in [0.15, 0.2) is 23.1 Å². The van der Waals surface area contributed by atoms with Gasteiger partial charge in [-0.3, -0.25) is 9.59 Å². The Morgan fingerprint density at radius 1 is 1.35 bits per heavy atom. The fourth-order valence-electron chi connectivity index (χ4n) is 3.37. The van der Waals surface area contributed by atoms with Gasteiger partial charge in [-0.2, -0.15) is 0 Å². The maximum absolute atomic E-state index is 12.5. The normalized spacial score (nSPS) is 13.6. The van der Waals surface area contributed by atoms with Gasteiger partial charge in [0.1, 0.15) is 16.5 Å². The van der Waals surface area contributed by atoms with Crippen LogP contribution < -0.4 is 10.9 Å². The molecular formula is C19H20N4O2S. The van der Waals surface area contributed by atoms with Crippen LogP contribution in [0.4, 0.5) is 5.82 Å². The molecule has 0 atom stereocenters. The number of fused-ring (bicyclic) bond motifs is 3. The molecule has 134 valence electrons. The first kappa shape index (κ1) is 16.9. The molecule has 3 aromatic rings. The Balaban J connectivity index is 1.50. The van der Waals surface area contributed by atoms with E-state index in [1.807, 2.05) is 19.1 Å². The third-order valence-electron chi connectivity index (χ3n) is 4.73. The van der Waals surface area contributed by atoms with Crippen molar-refractivity contribution in [3.63, 3.8) is 0 Å². The zero-order valence-electron chi connectivity index (χ0n) is 14.6. The van der Waals surface area contributed by atoms with E-state index in [0.29, 0.717) is 18.1 Å². The lowest BCUT2D eigenvalue weighted by atomic mass is 9.97. The minimum atomic E-state index is -0.139. The number of aromatic nitrogens is 3. The number of H-pyrrole nitrogens is 1. The summed E-state index contributed by atoms with van der Waals surface area (Å²) in [6.45, 7) is 1.90. The number of hydrogen-bond acceptors (Lipinski definition) is 5. The summed E-state index contributed by atoms with van der Waals surface area (Å²) >= 11 is 1.63. The van der Waals surface area contributed by atoms with Gasteiger partial charge in [0, 0.05) is 23.9 Å². The van der Waals surface area contributed by atoms with Gasteiger partial charge in [-0.15, -0.1) is 11.3 Å².